The number of rotatable bonds is 3. The van der Waals surface area contributed by atoms with Crippen molar-refractivity contribution in [2.45, 2.75) is 12.5 Å². The highest BCUT2D eigenvalue weighted by Gasteiger charge is 2.14. The SMILES string of the molecule is NC(Cc1c[nH]c2ccccc12)C(=O)O.O=C(O)C(=O)O. The predicted octanol–water partition coefficient (Wildman–Crippen LogP) is 0.278. The van der Waals surface area contributed by atoms with Crippen molar-refractivity contribution < 1.29 is 29.7 Å². The molecule has 8 nitrogen and oxygen atoms in total. The molecule has 8 heteroatoms. The summed E-state index contributed by atoms with van der Waals surface area (Å²) < 4.78 is 0. The Morgan fingerprint density at radius 2 is 1.67 bits per heavy atom. The molecule has 0 fully saturated rings. The van der Waals surface area contributed by atoms with Crippen LogP contribution in [0.2, 0.25) is 0 Å². The molecule has 1 atom stereocenters. The summed E-state index contributed by atoms with van der Waals surface area (Å²) in [5.74, 6) is -4.62. The monoisotopic (exact) mass is 294 g/mol. The zero-order valence-corrected chi connectivity index (χ0v) is 10.8. The van der Waals surface area contributed by atoms with Crippen LogP contribution in [0.15, 0.2) is 30.5 Å². The number of nitrogens with one attached hydrogen (secondary N) is 1. The third-order valence-electron chi connectivity index (χ3n) is 2.61. The van der Waals surface area contributed by atoms with Gasteiger partial charge in [0.25, 0.3) is 0 Å². The van der Waals surface area contributed by atoms with Crippen LogP contribution in [0.1, 0.15) is 5.56 Å². The maximum absolute atomic E-state index is 10.6. The van der Waals surface area contributed by atoms with Crippen LogP contribution < -0.4 is 5.73 Å². The Morgan fingerprint density at radius 3 is 2.19 bits per heavy atom. The van der Waals surface area contributed by atoms with E-state index in [1.54, 1.807) is 0 Å². The molecule has 2 rings (SSSR count). The Hall–Kier alpha value is -2.87. The molecule has 1 aromatic heterocycles. The van der Waals surface area contributed by atoms with Gasteiger partial charge in [-0.15, -0.1) is 0 Å². The van der Waals surface area contributed by atoms with Crippen LogP contribution in [0, 0.1) is 0 Å². The fourth-order valence-corrected chi connectivity index (χ4v) is 1.62. The first-order valence-electron chi connectivity index (χ1n) is 5.82. The summed E-state index contributed by atoms with van der Waals surface area (Å²) in [7, 11) is 0. The number of carboxylic acids is 3. The Bertz CT molecular complexity index is 651. The van der Waals surface area contributed by atoms with Gasteiger partial charge in [0.1, 0.15) is 6.04 Å². The Morgan fingerprint density at radius 1 is 1.10 bits per heavy atom. The minimum absolute atomic E-state index is 0.347. The normalized spacial score (nSPS) is 11.3. The van der Waals surface area contributed by atoms with Crippen LogP contribution >= 0.6 is 0 Å². The van der Waals surface area contributed by atoms with Crippen molar-refractivity contribution >= 4 is 28.8 Å². The molecule has 0 amide bonds. The van der Waals surface area contributed by atoms with E-state index in [1.807, 2.05) is 30.5 Å². The maximum atomic E-state index is 10.6. The van der Waals surface area contributed by atoms with Crippen LogP contribution in [0.4, 0.5) is 0 Å². The van der Waals surface area contributed by atoms with Crippen molar-refractivity contribution in [2.24, 2.45) is 5.73 Å². The van der Waals surface area contributed by atoms with Gasteiger partial charge in [0, 0.05) is 23.5 Å². The number of para-hydroxylation sites is 1. The van der Waals surface area contributed by atoms with Gasteiger partial charge in [-0.1, -0.05) is 18.2 Å². The van der Waals surface area contributed by atoms with Crippen LogP contribution in [-0.4, -0.2) is 44.3 Å². The van der Waals surface area contributed by atoms with Gasteiger partial charge in [-0.25, -0.2) is 9.59 Å². The maximum Gasteiger partial charge on any atom is 0.414 e. The molecule has 0 saturated carbocycles. The van der Waals surface area contributed by atoms with E-state index < -0.39 is 23.9 Å². The van der Waals surface area contributed by atoms with Crippen LogP contribution in [0.5, 0.6) is 0 Å². The summed E-state index contributed by atoms with van der Waals surface area (Å²) in [5.41, 5.74) is 7.43. The highest BCUT2D eigenvalue weighted by atomic mass is 16.4. The van der Waals surface area contributed by atoms with Gasteiger partial charge in [-0.2, -0.15) is 0 Å². The molecule has 1 unspecified atom stereocenters. The van der Waals surface area contributed by atoms with Crippen molar-refractivity contribution in [3.05, 3.63) is 36.0 Å². The Kier molecular flexibility index (Phi) is 5.44. The number of carboxylic acid groups (broad SMARTS) is 3. The number of aromatic nitrogens is 1. The summed E-state index contributed by atoms with van der Waals surface area (Å²) in [6.07, 6.45) is 2.16. The van der Waals surface area contributed by atoms with Crippen LogP contribution in [0.3, 0.4) is 0 Å². The molecular weight excluding hydrogens is 280 g/mol. The summed E-state index contributed by atoms with van der Waals surface area (Å²) in [4.78, 5) is 31.9. The molecule has 1 aromatic carbocycles. The topological polar surface area (TPSA) is 154 Å². The molecule has 21 heavy (non-hydrogen) atoms. The molecule has 0 aliphatic rings. The van der Waals surface area contributed by atoms with Crippen molar-refractivity contribution in [1.29, 1.82) is 0 Å². The van der Waals surface area contributed by atoms with E-state index in [0.29, 0.717) is 6.42 Å². The minimum Gasteiger partial charge on any atom is -0.480 e. The lowest BCUT2D eigenvalue weighted by atomic mass is 10.1. The van der Waals surface area contributed by atoms with Gasteiger partial charge in [0.2, 0.25) is 0 Å². The van der Waals surface area contributed by atoms with Gasteiger partial charge in [-0.3, -0.25) is 4.79 Å². The second-order valence-corrected chi connectivity index (χ2v) is 4.12. The Balaban J connectivity index is 0.000000315. The van der Waals surface area contributed by atoms with E-state index in [1.165, 1.54) is 0 Å². The van der Waals surface area contributed by atoms with E-state index in [0.717, 1.165) is 16.5 Å². The summed E-state index contributed by atoms with van der Waals surface area (Å²) in [6.45, 7) is 0. The smallest absolute Gasteiger partial charge is 0.414 e. The van der Waals surface area contributed by atoms with Gasteiger partial charge in [-0.05, 0) is 11.6 Å². The molecular formula is C13H14N2O6. The van der Waals surface area contributed by atoms with Crippen molar-refractivity contribution in [3.63, 3.8) is 0 Å². The first-order chi connectivity index (χ1) is 9.82. The predicted molar refractivity (Wildman–Crippen MR) is 72.9 cm³/mol. The molecule has 112 valence electrons. The number of benzene rings is 1. The summed E-state index contributed by atoms with van der Waals surface area (Å²) >= 11 is 0. The second kappa shape index (κ2) is 7.06. The van der Waals surface area contributed by atoms with Crippen molar-refractivity contribution in [3.8, 4) is 0 Å². The number of H-pyrrole nitrogens is 1. The van der Waals surface area contributed by atoms with E-state index in [-0.39, 0.29) is 0 Å². The molecule has 1 heterocycles. The van der Waals surface area contributed by atoms with Gasteiger partial charge in [0.05, 0.1) is 0 Å². The number of aliphatic carboxylic acids is 3. The summed E-state index contributed by atoms with van der Waals surface area (Å²) in [5, 5.41) is 24.5. The molecule has 0 bridgehead atoms. The Labute approximate surface area is 118 Å². The van der Waals surface area contributed by atoms with E-state index in [4.69, 9.17) is 30.6 Å². The lowest BCUT2D eigenvalue weighted by Crippen LogP contribution is -2.32. The quantitative estimate of drug-likeness (QED) is 0.509. The molecule has 0 radical (unpaired) electrons. The standard InChI is InChI=1S/C11H12N2O2.C2H2O4/c12-9(11(14)15)5-7-6-13-10-4-2-1-3-8(7)10;3-1(4)2(5)6/h1-4,6,9,13H,5,12H2,(H,14,15);(H,3,4)(H,5,6). The highest BCUT2D eigenvalue weighted by Crippen LogP contribution is 2.18. The lowest BCUT2D eigenvalue weighted by molar-refractivity contribution is -0.159. The number of aromatic amines is 1. The average Bonchev–Trinajstić information content (AvgIpc) is 2.82. The molecule has 6 N–H and O–H groups in total. The number of hydrogen-bond acceptors (Lipinski definition) is 4. The highest BCUT2D eigenvalue weighted by molar-refractivity contribution is 6.27. The number of hydrogen-bond donors (Lipinski definition) is 5. The van der Waals surface area contributed by atoms with Gasteiger partial charge >= 0.3 is 17.9 Å². The zero-order chi connectivity index (χ0) is 16.0. The molecule has 0 spiro atoms. The third kappa shape index (κ3) is 4.62. The van der Waals surface area contributed by atoms with Gasteiger partial charge in [0.15, 0.2) is 0 Å². The number of fused-ring (bicyclic) bond motifs is 1. The molecule has 0 aliphatic heterocycles. The van der Waals surface area contributed by atoms with Crippen LogP contribution in [-0.2, 0) is 20.8 Å². The fraction of sp³-hybridized carbons (Fsp3) is 0.154. The van der Waals surface area contributed by atoms with Crippen molar-refractivity contribution in [2.75, 3.05) is 0 Å². The lowest BCUT2D eigenvalue weighted by Gasteiger charge is -2.04. The fourth-order valence-electron chi connectivity index (χ4n) is 1.62. The van der Waals surface area contributed by atoms with E-state index >= 15 is 0 Å². The zero-order valence-electron chi connectivity index (χ0n) is 10.8. The minimum atomic E-state index is -1.82. The molecule has 2 aromatic rings. The average molecular weight is 294 g/mol. The van der Waals surface area contributed by atoms with E-state index in [9.17, 15) is 4.79 Å². The van der Waals surface area contributed by atoms with Crippen molar-refractivity contribution in [1.82, 2.24) is 4.98 Å². The van der Waals surface area contributed by atoms with Crippen LogP contribution in [0.25, 0.3) is 10.9 Å². The number of nitrogens with two attached hydrogens (primary N) is 1. The van der Waals surface area contributed by atoms with Gasteiger partial charge < -0.3 is 26.0 Å². The molecule has 0 aliphatic carbocycles. The third-order valence-corrected chi connectivity index (χ3v) is 2.61. The first-order valence-corrected chi connectivity index (χ1v) is 5.82. The van der Waals surface area contributed by atoms with E-state index in [2.05, 4.69) is 4.98 Å². The molecule has 0 saturated heterocycles. The number of carbonyl (C=O) groups is 3. The summed E-state index contributed by atoms with van der Waals surface area (Å²) in [6, 6.07) is 6.91. The first kappa shape index (κ1) is 16.2. The largest absolute Gasteiger partial charge is 0.480 e. The second-order valence-electron chi connectivity index (χ2n) is 4.12.